The smallest absolute Gasteiger partial charge is 0.261 e. The first-order valence-electron chi connectivity index (χ1n) is 5.69. The summed E-state index contributed by atoms with van der Waals surface area (Å²) in [5, 5.41) is 17.5. The molecule has 21 heavy (non-hydrogen) atoms. The lowest BCUT2D eigenvalue weighted by molar-refractivity contribution is 0.601. The largest absolute Gasteiger partial charge is 0.278 e. The van der Waals surface area contributed by atoms with E-state index in [-0.39, 0.29) is 16.1 Å². The molecule has 0 heterocycles. The molecule has 0 aliphatic rings. The molecule has 0 saturated carbocycles. The first kappa shape index (κ1) is 14.5. The van der Waals surface area contributed by atoms with Crippen LogP contribution < -0.4 is 4.72 Å². The lowest BCUT2D eigenvalue weighted by Crippen LogP contribution is -2.14. The Labute approximate surface area is 120 Å². The highest BCUT2D eigenvalue weighted by Gasteiger charge is 2.17. The van der Waals surface area contributed by atoms with Gasteiger partial charge in [-0.25, -0.2) is 12.8 Å². The summed E-state index contributed by atoms with van der Waals surface area (Å²) in [6.45, 7) is 0. The van der Waals surface area contributed by atoms with Gasteiger partial charge in [0, 0.05) is 0 Å². The molecule has 0 bridgehead atoms. The maximum Gasteiger partial charge on any atom is 0.261 e. The van der Waals surface area contributed by atoms with Gasteiger partial charge in [-0.2, -0.15) is 10.5 Å². The third-order valence-electron chi connectivity index (χ3n) is 2.66. The van der Waals surface area contributed by atoms with Gasteiger partial charge in [-0.3, -0.25) is 4.72 Å². The number of halogens is 1. The van der Waals surface area contributed by atoms with Crippen LogP contribution in [0.1, 0.15) is 11.1 Å². The quantitative estimate of drug-likeness (QED) is 0.941. The first-order valence-corrected chi connectivity index (χ1v) is 7.18. The molecule has 104 valence electrons. The van der Waals surface area contributed by atoms with Crippen LogP contribution >= 0.6 is 0 Å². The summed E-state index contributed by atoms with van der Waals surface area (Å²) in [6, 6.07) is 12.4. The molecule has 0 aliphatic carbocycles. The second-order valence-corrected chi connectivity index (χ2v) is 5.70. The van der Waals surface area contributed by atoms with Crippen molar-refractivity contribution in [2.75, 3.05) is 4.72 Å². The molecule has 2 aromatic carbocycles. The van der Waals surface area contributed by atoms with Crippen LogP contribution in [0.25, 0.3) is 0 Å². The third-order valence-corrected chi connectivity index (χ3v) is 4.04. The number of sulfonamides is 1. The zero-order valence-corrected chi connectivity index (χ0v) is 11.4. The van der Waals surface area contributed by atoms with Crippen LogP contribution in [-0.4, -0.2) is 8.42 Å². The monoisotopic (exact) mass is 301 g/mol. The second kappa shape index (κ2) is 5.61. The highest BCUT2D eigenvalue weighted by Crippen LogP contribution is 2.22. The number of anilines is 1. The number of benzene rings is 2. The molecule has 0 aromatic heterocycles. The number of hydrogen-bond donors (Lipinski definition) is 1. The van der Waals surface area contributed by atoms with Crippen molar-refractivity contribution in [3.8, 4) is 12.1 Å². The van der Waals surface area contributed by atoms with Gasteiger partial charge >= 0.3 is 0 Å². The number of nitrogens with zero attached hydrogens (tertiary/aromatic N) is 2. The summed E-state index contributed by atoms with van der Waals surface area (Å²) >= 11 is 0. The molecule has 2 aromatic rings. The Bertz CT molecular complexity index is 863. The normalized spacial score (nSPS) is 10.4. The number of nitriles is 2. The Kier molecular flexibility index (Phi) is 3.88. The summed E-state index contributed by atoms with van der Waals surface area (Å²) < 4.78 is 39.9. The van der Waals surface area contributed by atoms with Gasteiger partial charge in [0.05, 0.1) is 22.2 Å². The van der Waals surface area contributed by atoms with Crippen molar-refractivity contribution in [2.45, 2.75) is 4.90 Å². The summed E-state index contributed by atoms with van der Waals surface area (Å²) in [4.78, 5) is -0.0883. The van der Waals surface area contributed by atoms with E-state index in [0.29, 0.717) is 5.56 Å². The first-order chi connectivity index (χ1) is 9.97. The van der Waals surface area contributed by atoms with Crippen LogP contribution in [0, 0.1) is 28.5 Å². The van der Waals surface area contributed by atoms with Gasteiger partial charge in [-0.15, -0.1) is 0 Å². The highest BCUT2D eigenvalue weighted by molar-refractivity contribution is 7.92. The maximum atomic E-state index is 13.4. The molecule has 0 aliphatic heterocycles. The van der Waals surface area contributed by atoms with Gasteiger partial charge in [0.25, 0.3) is 10.0 Å². The van der Waals surface area contributed by atoms with Crippen LogP contribution in [0.2, 0.25) is 0 Å². The minimum absolute atomic E-state index is 0.0883. The molecule has 0 atom stereocenters. The number of nitrogens with one attached hydrogen (secondary N) is 1. The summed E-state index contributed by atoms with van der Waals surface area (Å²) in [7, 11) is -3.96. The van der Waals surface area contributed by atoms with Gasteiger partial charge in [-0.05, 0) is 36.4 Å². The summed E-state index contributed by atoms with van der Waals surface area (Å²) in [6.07, 6.45) is 0. The second-order valence-electron chi connectivity index (χ2n) is 4.02. The van der Waals surface area contributed by atoms with Gasteiger partial charge in [-0.1, -0.05) is 6.07 Å². The van der Waals surface area contributed by atoms with Crippen molar-refractivity contribution in [1.29, 1.82) is 10.5 Å². The summed E-state index contributed by atoms with van der Waals surface area (Å²) in [5.74, 6) is -0.808. The predicted octanol–water partition coefficient (Wildman–Crippen LogP) is 2.37. The van der Waals surface area contributed by atoms with Crippen LogP contribution in [-0.2, 0) is 10.0 Å². The van der Waals surface area contributed by atoms with Crippen molar-refractivity contribution in [2.24, 2.45) is 0 Å². The van der Waals surface area contributed by atoms with E-state index in [1.807, 2.05) is 6.07 Å². The van der Waals surface area contributed by atoms with E-state index < -0.39 is 15.8 Å². The third kappa shape index (κ3) is 2.99. The molecular formula is C14H8FN3O2S. The Morgan fingerprint density at radius 1 is 1.00 bits per heavy atom. The maximum absolute atomic E-state index is 13.4. The van der Waals surface area contributed by atoms with Gasteiger partial charge in [0.1, 0.15) is 17.4 Å². The van der Waals surface area contributed by atoms with Crippen LogP contribution in [0.4, 0.5) is 10.1 Å². The Morgan fingerprint density at radius 2 is 1.67 bits per heavy atom. The molecule has 0 unspecified atom stereocenters. The average Bonchev–Trinajstić information content (AvgIpc) is 2.47. The van der Waals surface area contributed by atoms with E-state index in [0.717, 1.165) is 6.07 Å². The van der Waals surface area contributed by atoms with E-state index in [1.165, 1.54) is 36.4 Å². The minimum atomic E-state index is -3.96. The lowest BCUT2D eigenvalue weighted by Gasteiger charge is -2.09. The van der Waals surface area contributed by atoms with E-state index in [9.17, 15) is 12.8 Å². The summed E-state index contributed by atoms with van der Waals surface area (Å²) in [5.41, 5.74) is -0.200. The van der Waals surface area contributed by atoms with Crippen molar-refractivity contribution < 1.29 is 12.8 Å². The van der Waals surface area contributed by atoms with Crippen molar-refractivity contribution in [3.05, 3.63) is 59.4 Å². The molecule has 7 heteroatoms. The highest BCUT2D eigenvalue weighted by atomic mass is 32.2. The van der Waals surface area contributed by atoms with Crippen LogP contribution in [0.15, 0.2) is 47.4 Å². The van der Waals surface area contributed by atoms with E-state index in [2.05, 4.69) is 4.72 Å². The van der Waals surface area contributed by atoms with Crippen molar-refractivity contribution in [3.63, 3.8) is 0 Å². The number of rotatable bonds is 3. The molecule has 0 saturated heterocycles. The Morgan fingerprint density at radius 3 is 2.24 bits per heavy atom. The molecule has 2 rings (SSSR count). The fourth-order valence-corrected chi connectivity index (χ4v) is 2.71. The fourth-order valence-electron chi connectivity index (χ4n) is 1.64. The van der Waals surface area contributed by atoms with E-state index in [4.69, 9.17) is 10.5 Å². The molecule has 1 N–H and O–H groups in total. The topological polar surface area (TPSA) is 93.8 Å². The standard InChI is InChI=1S/C14H8FN3O2S/c15-13-2-1-3-14(12(13)9-17)18-21(19,20)11-6-4-10(8-16)5-7-11/h1-7,18H. The fraction of sp³-hybridized carbons (Fsp3) is 0. The molecule has 0 fully saturated rings. The van der Waals surface area contributed by atoms with Crippen LogP contribution in [0.3, 0.4) is 0 Å². The Hall–Kier alpha value is -2.90. The molecule has 0 amide bonds. The molecule has 5 nitrogen and oxygen atoms in total. The van der Waals surface area contributed by atoms with Gasteiger partial charge in [0.15, 0.2) is 0 Å². The number of hydrogen-bond acceptors (Lipinski definition) is 4. The lowest BCUT2D eigenvalue weighted by atomic mass is 10.2. The molecule has 0 radical (unpaired) electrons. The predicted molar refractivity (Wildman–Crippen MR) is 73.1 cm³/mol. The van der Waals surface area contributed by atoms with E-state index in [1.54, 1.807) is 6.07 Å². The van der Waals surface area contributed by atoms with Crippen molar-refractivity contribution >= 4 is 15.7 Å². The SMILES string of the molecule is N#Cc1ccc(S(=O)(=O)Nc2cccc(F)c2C#N)cc1. The molecular weight excluding hydrogens is 293 g/mol. The average molecular weight is 301 g/mol. The van der Waals surface area contributed by atoms with Gasteiger partial charge < -0.3 is 0 Å². The van der Waals surface area contributed by atoms with Gasteiger partial charge in [0.2, 0.25) is 0 Å². The zero-order valence-electron chi connectivity index (χ0n) is 10.5. The van der Waals surface area contributed by atoms with E-state index >= 15 is 0 Å². The Balaban J connectivity index is 2.41. The zero-order chi connectivity index (χ0) is 15.5. The molecule has 0 spiro atoms. The minimum Gasteiger partial charge on any atom is -0.278 e. The van der Waals surface area contributed by atoms with Crippen molar-refractivity contribution in [1.82, 2.24) is 0 Å². The van der Waals surface area contributed by atoms with Crippen LogP contribution in [0.5, 0.6) is 0 Å².